The number of nitrogens with zero attached hydrogens (tertiary/aromatic N) is 1. The van der Waals surface area contributed by atoms with Gasteiger partial charge in [0.2, 0.25) is 5.88 Å². The molecule has 1 fully saturated rings. The van der Waals surface area contributed by atoms with Gasteiger partial charge in [-0.15, -0.1) is 0 Å². The van der Waals surface area contributed by atoms with E-state index in [4.69, 9.17) is 4.74 Å². The lowest BCUT2D eigenvalue weighted by Crippen LogP contribution is -2.54. The molecule has 6 heteroatoms. The predicted octanol–water partition coefficient (Wildman–Crippen LogP) is 2.00. The Morgan fingerprint density at radius 2 is 1.95 bits per heavy atom. The first-order valence-electron chi connectivity index (χ1n) is 7.14. The third-order valence-corrected chi connectivity index (χ3v) is 3.93. The lowest BCUT2D eigenvalue weighted by atomic mass is 9.90. The van der Waals surface area contributed by atoms with Crippen LogP contribution in [0.5, 0.6) is 5.88 Å². The summed E-state index contributed by atoms with van der Waals surface area (Å²) < 4.78 is 5.05. The van der Waals surface area contributed by atoms with Gasteiger partial charge in [-0.1, -0.05) is 25.7 Å². The standard InChI is InChI=1S/C15H20N2O4/c1-21-13-11(7-6-10-16-13)12(18)17-15(14(19)20)8-4-2-3-5-9-15/h6-7,10H,2-5,8-9H2,1H3,(H,17,18)(H,19,20). The highest BCUT2D eigenvalue weighted by molar-refractivity contribution is 5.99. The molecule has 0 aromatic carbocycles. The number of hydrogen-bond acceptors (Lipinski definition) is 4. The molecule has 0 aliphatic heterocycles. The van der Waals surface area contributed by atoms with E-state index in [2.05, 4.69) is 10.3 Å². The summed E-state index contributed by atoms with van der Waals surface area (Å²) in [6, 6.07) is 3.20. The van der Waals surface area contributed by atoms with Gasteiger partial charge >= 0.3 is 5.97 Å². The summed E-state index contributed by atoms with van der Waals surface area (Å²) in [4.78, 5) is 28.1. The van der Waals surface area contributed by atoms with Gasteiger partial charge in [0.05, 0.1) is 7.11 Å². The Morgan fingerprint density at radius 1 is 1.29 bits per heavy atom. The number of aromatic nitrogens is 1. The fraction of sp³-hybridized carbons (Fsp3) is 0.533. The van der Waals surface area contributed by atoms with Crippen LogP contribution >= 0.6 is 0 Å². The first-order valence-corrected chi connectivity index (χ1v) is 7.14. The number of carboxylic acids is 1. The zero-order chi connectivity index (χ0) is 15.3. The van der Waals surface area contributed by atoms with E-state index >= 15 is 0 Å². The zero-order valence-electron chi connectivity index (χ0n) is 12.1. The zero-order valence-corrected chi connectivity index (χ0v) is 12.1. The molecule has 1 aromatic heterocycles. The van der Waals surface area contributed by atoms with Gasteiger partial charge in [0, 0.05) is 6.20 Å². The van der Waals surface area contributed by atoms with E-state index in [0.29, 0.717) is 12.8 Å². The van der Waals surface area contributed by atoms with Crippen molar-refractivity contribution in [3.05, 3.63) is 23.9 Å². The van der Waals surface area contributed by atoms with Crippen molar-refractivity contribution >= 4 is 11.9 Å². The largest absolute Gasteiger partial charge is 0.480 e. The van der Waals surface area contributed by atoms with Crippen LogP contribution in [0.2, 0.25) is 0 Å². The lowest BCUT2D eigenvalue weighted by Gasteiger charge is -2.29. The number of ether oxygens (including phenoxy) is 1. The summed E-state index contributed by atoms with van der Waals surface area (Å²) in [6.45, 7) is 0. The van der Waals surface area contributed by atoms with Gasteiger partial charge in [-0.25, -0.2) is 9.78 Å². The molecule has 2 N–H and O–H groups in total. The summed E-state index contributed by atoms with van der Waals surface area (Å²) in [5, 5.41) is 12.3. The molecule has 1 aromatic rings. The molecule has 1 saturated carbocycles. The molecule has 6 nitrogen and oxygen atoms in total. The molecule has 0 radical (unpaired) electrons. The smallest absolute Gasteiger partial charge is 0.329 e. The fourth-order valence-corrected chi connectivity index (χ4v) is 2.74. The Kier molecular flexibility index (Phi) is 4.77. The van der Waals surface area contributed by atoms with E-state index in [-0.39, 0.29) is 11.4 Å². The van der Waals surface area contributed by atoms with Crippen molar-refractivity contribution in [1.82, 2.24) is 10.3 Å². The molecule has 0 spiro atoms. The topological polar surface area (TPSA) is 88.5 Å². The summed E-state index contributed by atoms with van der Waals surface area (Å²) in [6.07, 6.45) is 6.04. The first kappa shape index (κ1) is 15.3. The van der Waals surface area contributed by atoms with Crippen LogP contribution in [0.1, 0.15) is 48.9 Å². The third-order valence-electron chi connectivity index (χ3n) is 3.93. The van der Waals surface area contributed by atoms with Gasteiger partial charge in [-0.3, -0.25) is 4.79 Å². The lowest BCUT2D eigenvalue weighted by molar-refractivity contribution is -0.145. The minimum Gasteiger partial charge on any atom is -0.480 e. The van der Waals surface area contributed by atoms with Gasteiger partial charge in [0.15, 0.2) is 0 Å². The predicted molar refractivity (Wildman–Crippen MR) is 76.3 cm³/mol. The molecule has 0 bridgehead atoms. The van der Waals surface area contributed by atoms with E-state index < -0.39 is 17.4 Å². The number of amides is 1. The van der Waals surface area contributed by atoms with Crippen LogP contribution in [0.25, 0.3) is 0 Å². The van der Waals surface area contributed by atoms with Crippen LogP contribution in [0.4, 0.5) is 0 Å². The number of hydrogen-bond donors (Lipinski definition) is 2. The maximum Gasteiger partial charge on any atom is 0.329 e. The van der Waals surface area contributed by atoms with E-state index in [1.54, 1.807) is 12.1 Å². The highest BCUT2D eigenvalue weighted by Gasteiger charge is 2.40. The Bertz CT molecular complexity index is 522. The normalized spacial score (nSPS) is 17.6. The molecule has 0 unspecified atom stereocenters. The van der Waals surface area contributed by atoms with Gasteiger partial charge in [0.1, 0.15) is 11.1 Å². The minimum atomic E-state index is -1.19. The summed E-state index contributed by atoms with van der Waals surface area (Å²) >= 11 is 0. The molecule has 1 aliphatic rings. The molecule has 2 rings (SSSR count). The maximum absolute atomic E-state index is 12.4. The van der Waals surface area contributed by atoms with Crippen molar-refractivity contribution < 1.29 is 19.4 Å². The molecule has 0 saturated heterocycles. The summed E-state index contributed by atoms with van der Waals surface area (Å²) in [7, 11) is 1.43. The second-order valence-electron chi connectivity index (χ2n) is 5.32. The van der Waals surface area contributed by atoms with Crippen LogP contribution < -0.4 is 10.1 Å². The van der Waals surface area contributed by atoms with Crippen LogP contribution in [0, 0.1) is 0 Å². The Labute approximate surface area is 123 Å². The van der Waals surface area contributed by atoms with Crippen molar-refractivity contribution in [3.8, 4) is 5.88 Å². The van der Waals surface area contributed by atoms with Crippen molar-refractivity contribution in [2.45, 2.75) is 44.1 Å². The average Bonchev–Trinajstić information content (AvgIpc) is 2.73. The number of nitrogens with one attached hydrogen (secondary N) is 1. The molecule has 1 amide bonds. The molecule has 0 atom stereocenters. The molecular formula is C15H20N2O4. The number of pyridine rings is 1. The highest BCUT2D eigenvalue weighted by atomic mass is 16.5. The summed E-state index contributed by atoms with van der Waals surface area (Å²) in [5.74, 6) is -1.23. The molecular weight excluding hydrogens is 272 g/mol. The second kappa shape index (κ2) is 6.56. The third kappa shape index (κ3) is 3.32. The summed E-state index contributed by atoms with van der Waals surface area (Å²) in [5.41, 5.74) is -0.932. The van der Waals surface area contributed by atoms with Crippen LogP contribution in [0.3, 0.4) is 0 Å². The number of carbonyl (C=O) groups excluding carboxylic acids is 1. The molecule has 21 heavy (non-hydrogen) atoms. The van der Waals surface area contributed by atoms with Crippen molar-refractivity contribution in [2.24, 2.45) is 0 Å². The van der Waals surface area contributed by atoms with Crippen molar-refractivity contribution in [3.63, 3.8) is 0 Å². The second-order valence-corrected chi connectivity index (χ2v) is 5.32. The first-order chi connectivity index (χ1) is 10.1. The SMILES string of the molecule is COc1ncccc1C(=O)NC1(C(=O)O)CCCCCC1. The van der Waals surface area contributed by atoms with Crippen molar-refractivity contribution in [1.29, 1.82) is 0 Å². The number of carboxylic acid groups (broad SMARTS) is 1. The van der Waals surface area contributed by atoms with E-state index in [1.807, 2.05) is 0 Å². The van der Waals surface area contributed by atoms with Crippen LogP contribution in [-0.2, 0) is 4.79 Å². The van der Waals surface area contributed by atoms with E-state index in [9.17, 15) is 14.7 Å². The number of rotatable bonds is 4. The fourth-order valence-electron chi connectivity index (χ4n) is 2.74. The Morgan fingerprint density at radius 3 is 2.52 bits per heavy atom. The van der Waals surface area contributed by atoms with Crippen LogP contribution in [0.15, 0.2) is 18.3 Å². The van der Waals surface area contributed by atoms with Gasteiger partial charge in [0.25, 0.3) is 5.91 Å². The maximum atomic E-state index is 12.4. The van der Waals surface area contributed by atoms with Gasteiger partial charge in [-0.2, -0.15) is 0 Å². The number of carbonyl (C=O) groups is 2. The minimum absolute atomic E-state index is 0.198. The van der Waals surface area contributed by atoms with Gasteiger partial charge < -0.3 is 15.2 Å². The number of aliphatic carboxylic acids is 1. The highest BCUT2D eigenvalue weighted by Crippen LogP contribution is 2.28. The Hall–Kier alpha value is -2.11. The van der Waals surface area contributed by atoms with Crippen molar-refractivity contribution in [2.75, 3.05) is 7.11 Å². The average molecular weight is 292 g/mol. The van der Waals surface area contributed by atoms with E-state index in [1.165, 1.54) is 13.3 Å². The molecule has 1 aliphatic carbocycles. The number of methoxy groups -OCH3 is 1. The van der Waals surface area contributed by atoms with Gasteiger partial charge in [-0.05, 0) is 25.0 Å². The Balaban J connectivity index is 2.24. The quantitative estimate of drug-likeness (QED) is 0.829. The van der Waals surface area contributed by atoms with Crippen LogP contribution in [-0.4, -0.2) is 34.6 Å². The molecule has 1 heterocycles. The monoisotopic (exact) mass is 292 g/mol. The molecule has 114 valence electrons. The van der Waals surface area contributed by atoms with E-state index in [0.717, 1.165) is 25.7 Å².